The largest absolute Gasteiger partial charge is 0.377 e. The summed E-state index contributed by atoms with van der Waals surface area (Å²) >= 11 is 0. The molecule has 0 heterocycles. The third kappa shape index (κ3) is 4.01. The lowest BCUT2D eigenvalue weighted by molar-refractivity contribution is -0.124. The highest BCUT2D eigenvalue weighted by Gasteiger charge is 2.22. The van der Waals surface area contributed by atoms with Crippen LogP contribution in [-0.4, -0.2) is 31.2 Å². The lowest BCUT2D eigenvalue weighted by Crippen LogP contribution is -2.36. The van der Waals surface area contributed by atoms with Crippen LogP contribution in [0.1, 0.15) is 20.3 Å². The predicted molar refractivity (Wildman–Crippen MR) is 59.3 cm³/mol. The van der Waals surface area contributed by atoms with E-state index in [1.165, 1.54) is 0 Å². The summed E-state index contributed by atoms with van der Waals surface area (Å²) in [7, 11) is 0. The maximum Gasteiger partial charge on any atom is 0.227 e. The lowest BCUT2D eigenvalue weighted by atomic mass is 10.1. The first-order valence-electron chi connectivity index (χ1n) is 5.46. The van der Waals surface area contributed by atoms with Gasteiger partial charge < -0.3 is 15.8 Å². The molecule has 0 aromatic carbocycles. The maximum atomic E-state index is 11.6. The Morgan fingerprint density at radius 3 is 2.93 bits per heavy atom. The molecule has 0 fully saturated rings. The average Bonchev–Trinajstić information content (AvgIpc) is 2.62. The van der Waals surface area contributed by atoms with Gasteiger partial charge in [0.2, 0.25) is 5.91 Å². The van der Waals surface area contributed by atoms with Crippen LogP contribution in [0.4, 0.5) is 0 Å². The zero-order valence-corrected chi connectivity index (χ0v) is 9.40. The molecule has 3 atom stereocenters. The van der Waals surface area contributed by atoms with Crippen LogP contribution in [0, 0.1) is 5.92 Å². The van der Waals surface area contributed by atoms with Crippen LogP contribution in [-0.2, 0) is 9.53 Å². The number of ether oxygens (including phenoxy) is 1. The Morgan fingerprint density at radius 1 is 1.67 bits per heavy atom. The van der Waals surface area contributed by atoms with Gasteiger partial charge in [-0.25, -0.2) is 0 Å². The highest BCUT2D eigenvalue weighted by atomic mass is 16.5. The molecule has 1 rings (SSSR count). The Labute approximate surface area is 90.9 Å². The second kappa shape index (κ2) is 5.88. The van der Waals surface area contributed by atoms with E-state index in [1.54, 1.807) is 0 Å². The summed E-state index contributed by atoms with van der Waals surface area (Å²) in [6.07, 6.45) is 4.55. The fourth-order valence-electron chi connectivity index (χ4n) is 1.64. The maximum absolute atomic E-state index is 11.6. The van der Waals surface area contributed by atoms with Gasteiger partial charge in [-0.2, -0.15) is 0 Å². The molecular formula is C11H20N2O2. The molecular weight excluding hydrogens is 192 g/mol. The zero-order valence-electron chi connectivity index (χ0n) is 9.40. The van der Waals surface area contributed by atoms with Crippen molar-refractivity contribution in [2.24, 2.45) is 11.7 Å². The van der Waals surface area contributed by atoms with Gasteiger partial charge in [-0.3, -0.25) is 4.79 Å². The third-order valence-corrected chi connectivity index (χ3v) is 2.47. The molecule has 0 saturated heterocycles. The summed E-state index contributed by atoms with van der Waals surface area (Å²) in [5, 5.41) is 2.86. The number of carbonyl (C=O) groups is 1. The first-order chi connectivity index (χ1) is 7.13. The fourth-order valence-corrected chi connectivity index (χ4v) is 1.64. The summed E-state index contributed by atoms with van der Waals surface area (Å²) < 4.78 is 5.32. The summed E-state index contributed by atoms with van der Waals surface area (Å²) in [4.78, 5) is 11.6. The van der Waals surface area contributed by atoms with E-state index in [1.807, 2.05) is 26.0 Å². The topological polar surface area (TPSA) is 64.3 Å². The number of nitrogens with two attached hydrogens (primary N) is 1. The number of carbonyl (C=O) groups excluding carboxylic acids is 1. The van der Waals surface area contributed by atoms with Crippen LogP contribution in [0.3, 0.4) is 0 Å². The Hall–Kier alpha value is -0.870. The van der Waals surface area contributed by atoms with Crippen molar-refractivity contribution in [3.63, 3.8) is 0 Å². The van der Waals surface area contributed by atoms with Crippen LogP contribution >= 0.6 is 0 Å². The number of nitrogens with one attached hydrogen (secondary N) is 1. The van der Waals surface area contributed by atoms with Gasteiger partial charge in [0.25, 0.3) is 0 Å². The average molecular weight is 212 g/mol. The van der Waals surface area contributed by atoms with Gasteiger partial charge >= 0.3 is 0 Å². The van der Waals surface area contributed by atoms with Crippen molar-refractivity contribution in [1.29, 1.82) is 0 Å². The summed E-state index contributed by atoms with van der Waals surface area (Å²) in [5.41, 5.74) is 5.68. The molecule has 1 amide bonds. The van der Waals surface area contributed by atoms with Crippen molar-refractivity contribution in [1.82, 2.24) is 5.32 Å². The van der Waals surface area contributed by atoms with Crippen molar-refractivity contribution < 1.29 is 9.53 Å². The molecule has 1 aliphatic carbocycles. The quantitative estimate of drug-likeness (QED) is 0.650. The van der Waals surface area contributed by atoms with Crippen molar-refractivity contribution in [2.75, 3.05) is 13.2 Å². The monoisotopic (exact) mass is 212 g/mol. The molecule has 0 saturated carbocycles. The molecule has 0 spiro atoms. The third-order valence-electron chi connectivity index (χ3n) is 2.47. The first-order valence-corrected chi connectivity index (χ1v) is 5.46. The standard InChI is InChI=1S/C11H20N2O2/c1-3-15-8(2)7-13-11(14)9-4-5-10(12)6-9/h4-5,8-10H,3,6-7,12H2,1-2H3,(H,13,14). The van der Waals surface area contributed by atoms with E-state index in [0.717, 1.165) is 6.42 Å². The van der Waals surface area contributed by atoms with Gasteiger partial charge in [-0.05, 0) is 20.3 Å². The van der Waals surface area contributed by atoms with Gasteiger partial charge in [-0.15, -0.1) is 0 Å². The normalized spacial score (nSPS) is 26.6. The minimum absolute atomic E-state index is 0.0325. The highest BCUT2D eigenvalue weighted by Crippen LogP contribution is 2.16. The first kappa shape index (κ1) is 12.2. The minimum Gasteiger partial charge on any atom is -0.377 e. The van der Waals surface area contributed by atoms with Crippen molar-refractivity contribution in [2.45, 2.75) is 32.4 Å². The highest BCUT2D eigenvalue weighted by molar-refractivity contribution is 5.81. The van der Waals surface area contributed by atoms with Gasteiger partial charge in [0.1, 0.15) is 0 Å². The number of hydrogen-bond acceptors (Lipinski definition) is 3. The van der Waals surface area contributed by atoms with Crippen LogP contribution < -0.4 is 11.1 Å². The van der Waals surface area contributed by atoms with Crippen LogP contribution in [0.25, 0.3) is 0 Å². The molecule has 0 aromatic rings. The van der Waals surface area contributed by atoms with Crippen LogP contribution in [0.15, 0.2) is 12.2 Å². The number of amides is 1. The van der Waals surface area contributed by atoms with Gasteiger partial charge in [0.15, 0.2) is 0 Å². The lowest BCUT2D eigenvalue weighted by Gasteiger charge is -2.14. The second-order valence-corrected chi connectivity index (χ2v) is 3.90. The molecule has 86 valence electrons. The second-order valence-electron chi connectivity index (χ2n) is 3.90. The molecule has 3 unspecified atom stereocenters. The predicted octanol–water partition coefficient (Wildman–Crippen LogP) is 0.431. The summed E-state index contributed by atoms with van der Waals surface area (Å²) in [6.45, 7) is 5.12. The van der Waals surface area contributed by atoms with E-state index in [0.29, 0.717) is 13.2 Å². The van der Waals surface area contributed by atoms with E-state index in [2.05, 4.69) is 5.32 Å². The van der Waals surface area contributed by atoms with Crippen molar-refractivity contribution >= 4 is 5.91 Å². The Balaban J connectivity index is 2.22. The van der Waals surface area contributed by atoms with Crippen molar-refractivity contribution in [3.05, 3.63) is 12.2 Å². The molecule has 0 aromatic heterocycles. The van der Waals surface area contributed by atoms with E-state index < -0.39 is 0 Å². The Morgan fingerprint density at radius 2 is 2.40 bits per heavy atom. The Kier molecular flexibility index (Phi) is 4.78. The Bertz CT molecular complexity index is 241. The molecule has 1 aliphatic rings. The molecule has 0 aliphatic heterocycles. The summed E-state index contributed by atoms with van der Waals surface area (Å²) in [6, 6.07) is 0.0325. The smallest absolute Gasteiger partial charge is 0.227 e. The molecule has 4 heteroatoms. The van der Waals surface area contributed by atoms with Crippen LogP contribution in [0.5, 0.6) is 0 Å². The fraction of sp³-hybridized carbons (Fsp3) is 0.727. The minimum atomic E-state index is -0.0613. The number of hydrogen-bond donors (Lipinski definition) is 2. The van der Waals surface area contributed by atoms with Gasteiger partial charge in [0.05, 0.1) is 12.0 Å². The van der Waals surface area contributed by atoms with Gasteiger partial charge in [0, 0.05) is 19.2 Å². The molecule has 4 nitrogen and oxygen atoms in total. The van der Waals surface area contributed by atoms with Crippen LogP contribution in [0.2, 0.25) is 0 Å². The molecule has 15 heavy (non-hydrogen) atoms. The molecule has 0 radical (unpaired) electrons. The summed E-state index contributed by atoms with van der Waals surface area (Å²) in [5.74, 6) is -0.0143. The van der Waals surface area contributed by atoms with E-state index in [9.17, 15) is 4.79 Å². The van der Waals surface area contributed by atoms with E-state index >= 15 is 0 Å². The molecule has 0 bridgehead atoms. The zero-order chi connectivity index (χ0) is 11.3. The van der Waals surface area contributed by atoms with Gasteiger partial charge in [-0.1, -0.05) is 12.2 Å². The molecule has 3 N–H and O–H groups in total. The number of rotatable bonds is 5. The van der Waals surface area contributed by atoms with Crippen molar-refractivity contribution in [3.8, 4) is 0 Å². The SMILES string of the molecule is CCOC(C)CNC(=O)C1C=CC(N)C1. The van der Waals surface area contributed by atoms with E-state index in [-0.39, 0.29) is 24.0 Å². The van der Waals surface area contributed by atoms with E-state index in [4.69, 9.17) is 10.5 Å².